The fourth-order valence-corrected chi connectivity index (χ4v) is 3.48. The number of thiocarbonyl (C=S) groups is 1. The third-order valence-electron chi connectivity index (χ3n) is 1.82. The molecule has 0 saturated carbocycles. The molecule has 0 bridgehead atoms. The average Bonchev–Trinajstić information content (AvgIpc) is 2.36. The molecule has 0 rings (SSSR count). The van der Waals surface area contributed by atoms with Gasteiger partial charge in [0, 0.05) is 40.6 Å². The largest absolute Gasteiger partial charge is 0.477 e. The number of esters is 1. The fourth-order valence-electron chi connectivity index (χ4n) is 1.12. The van der Waals surface area contributed by atoms with Gasteiger partial charge in [0.2, 0.25) is 0 Å². The van der Waals surface area contributed by atoms with Gasteiger partial charge in [0.1, 0.15) is 13.3 Å². The smallest absolute Gasteiger partial charge is 0.346 e. The Balaban J connectivity index is 5.04. The molecule has 22 heavy (non-hydrogen) atoms. The zero-order valence-corrected chi connectivity index (χ0v) is 15.6. The molecule has 0 atom stereocenters. The van der Waals surface area contributed by atoms with Crippen molar-refractivity contribution in [1.29, 1.82) is 0 Å². The van der Waals surface area contributed by atoms with E-state index < -0.39 is 11.9 Å². The Bertz CT molecular complexity index is 488. The molecule has 0 fully saturated rings. The van der Waals surface area contributed by atoms with Gasteiger partial charge in [0.15, 0.2) is 0 Å². The average molecular weight is 365 g/mol. The number of carbonyl (C=O) groups is 2. The van der Waals surface area contributed by atoms with Crippen molar-refractivity contribution in [2.45, 2.75) is 6.92 Å². The van der Waals surface area contributed by atoms with Gasteiger partial charge in [-0.1, -0.05) is 35.7 Å². The molecule has 0 saturated heterocycles. The van der Waals surface area contributed by atoms with E-state index in [1.807, 2.05) is 0 Å². The fraction of sp³-hybridized carbons (Fsp3) is 0.462. The first-order valence-electron chi connectivity index (χ1n) is 6.23. The Morgan fingerprint density at radius 3 is 1.95 bits per heavy atom. The van der Waals surface area contributed by atoms with Gasteiger partial charge in [-0.3, -0.25) is 0 Å². The highest BCUT2D eigenvalue weighted by molar-refractivity contribution is 8.50. The predicted molar refractivity (Wildman–Crippen MR) is 95.6 cm³/mol. The summed E-state index contributed by atoms with van der Waals surface area (Å²) in [4.78, 5) is 26.7. The van der Waals surface area contributed by atoms with Crippen LogP contribution in [0.1, 0.15) is 6.92 Å². The summed E-state index contributed by atoms with van der Waals surface area (Å²) in [7, 11) is 6.97. The molecule has 0 aromatic heterocycles. The van der Waals surface area contributed by atoms with Gasteiger partial charge in [0.25, 0.3) is 0 Å². The molecule has 0 amide bonds. The molecule has 0 aromatic carbocycles. The van der Waals surface area contributed by atoms with Crippen LogP contribution in [0.4, 0.5) is 0 Å². The number of hydrogen-bond donors (Lipinski definition) is 1. The summed E-state index contributed by atoms with van der Waals surface area (Å²) >= 11 is 7.10. The molecule has 0 radical (unpaired) electrons. The van der Waals surface area contributed by atoms with Crippen LogP contribution in [0.25, 0.3) is 0 Å². The normalized spacial score (nSPS) is 11.9. The SMILES string of the molecule is CCOC(=O)/C(=C/N(C)C)SC(=S)S/C(=C\N(C)C)C(=O)O. The second kappa shape index (κ2) is 10.5. The Morgan fingerprint density at radius 2 is 1.55 bits per heavy atom. The molecule has 6 nitrogen and oxygen atoms in total. The van der Waals surface area contributed by atoms with Crippen LogP contribution in [0.3, 0.4) is 0 Å². The molecular formula is C13H20N2O4S3. The molecule has 0 unspecified atom stereocenters. The quantitative estimate of drug-likeness (QED) is 0.416. The van der Waals surface area contributed by atoms with Crippen molar-refractivity contribution >= 4 is 51.2 Å². The molecule has 0 aliphatic carbocycles. The number of nitrogens with zero attached hydrogens (tertiary/aromatic N) is 2. The molecule has 9 heteroatoms. The van der Waals surface area contributed by atoms with E-state index in [1.54, 1.807) is 51.1 Å². The number of carboxylic acid groups (broad SMARTS) is 1. The maximum atomic E-state index is 11.9. The van der Waals surface area contributed by atoms with Crippen molar-refractivity contribution in [2.75, 3.05) is 34.8 Å². The van der Waals surface area contributed by atoms with Crippen LogP contribution in [-0.4, -0.2) is 65.2 Å². The standard InChI is InChI=1S/C13H20N2O4S3/c1-6-19-12(18)10(8-15(4)5)22-13(20)21-9(11(16)17)7-14(2)3/h7-8H,6H2,1-5H3,(H,16,17)/b9-7-,10-8-. The number of ether oxygens (including phenoxy) is 1. The molecule has 0 aliphatic heterocycles. The third kappa shape index (κ3) is 8.96. The molecule has 124 valence electrons. The highest BCUT2D eigenvalue weighted by Gasteiger charge is 2.18. The summed E-state index contributed by atoms with van der Waals surface area (Å²) in [6.07, 6.45) is 3.05. The number of carboxylic acids is 1. The number of rotatable bonds is 7. The Morgan fingerprint density at radius 1 is 1.09 bits per heavy atom. The van der Waals surface area contributed by atoms with Crippen LogP contribution in [-0.2, 0) is 14.3 Å². The minimum Gasteiger partial charge on any atom is -0.477 e. The van der Waals surface area contributed by atoms with Crippen LogP contribution >= 0.6 is 35.7 Å². The monoisotopic (exact) mass is 364 g/mol. The highest BCUT2D eigenvalue weighted by Crippen LogP contribution is 2.31. The van der Waals surface area contributed by atoms with Gasteiger partial charge in [-0.15, -0.1) is 0 Å². The van der Waals surface area contributed by atoms with E-state index in [0.29, 0.717) is 8.43 Å². The molecule has 0 spiro atoms. The molecular weight excluding hydrogens is 344 g/mol. The van der Waals surface area contributed by atoms with Crippen molar-refractivity contribution in [1.82, 2.24) is 9.80 Å². The second-order valence-corrected chi connectivity index (χ2v) is 7.68. The number of thioether (sulfide) groups is 2. The lowest BCUT2D eigenvalue weighted by Gasteiger charge is -2.12. The van der Waals surface area contributed by atoms with Crippen LogP contribution in [0, 0.1) is 0 Å². The van der Waals surface area contributed by atoms with Gasteiger partial charge >= 0.3 is 11.9 Å². The van der Waals surface area contributed by atoms with Crippen molar-refractivity contribution in [2.24, 2.45) is 0 Å². The summed E-state index contributed by atoms with van der Waals surface area (Å²) in [5.74, 6) is -1.56. The zero-order chi connectivity index (χ0) is 17.3. The minimum absolute atomic E-state index is 0.0792. The van der Waals surface area contributed by atoms with Gasteiger partial charge in [-0.25, -0.2) is 9.59 Å². The lowest BCUT2D eigenvalue weighted by Crippen LogP contribution is -2.12. The van der Waals surface area contributed by atoms with Crippen molar-refractivity contribution in [3.05, 3.63) is 22.2 Å². The van der Waals surface area contributed by atoms with Crippen LogP contribution in [0.15, 0.2) is 22.2 Å². The second-order valence-electron chi connectivity index (χ2n) is 4.39. The lowest BCUT2D eigenvalue weighted by molar-refractivity contribution is -0.137. The van der Waals surface area contributed by atoms with Crippen LogP contribution < -0.4 is 0 Å². The summed E-state index contributed by atoms with van der Waals surface area (Å²) in [6, 6.07) is 0. The van der Waals surface area contributed by atoms with Gasteiger partial charge in [-0.2, -0.15) is 0 Å². The van der Waals surface area contributed by atoms with Gasteiger partial charge in [0.05, 0.1) is 6.61 Å². The van der Waals surface area contributed by atoms with E-state index in [9.17, 15) is 9.59 Å². The summed E-state index contributed by atoms with van der Waals surface area (Å²) in [5.41, 5.74) is 0. The molecule has 0 heterocycles. The minimum atomic E-state index is -1.07. The van der Waals surface area contributed by atoms with Crippen molar-refractivity contribution in [3.8, 4) is 0 Å². The molecule has 0 aromatic rings. The lowest BCUT2D eigenvalue weighted by atomic mass is 10.6. The molecule has 0 aliphatic rings. The van der Waals surface area contributed by atoms with Crippen LogP contribution in [0.5, 0.6) is 0 Å². The first-order valence-corrected chi connectivity index (χ1v) is 8.28. The van der Waals surface area contributed by atoms with E-state index in [4.69, 9.17) is 22.1 Å². The zero-order valence-electron chi connectivity index (χ0n) is 13.2. The maximum Gasteiger partial charge on any atom is 0.346 e. The van der Waals surface area contributed by atoms with E-state index in [1.165, 1.54) is 6.20 Å². The number of hydrogen-bond acceptors (Lipinski definition) is 8. The third-order valence-corrected chi connectivity index (χ3v) is 4.15. The Kier molecular flexibility index (Phi) is 9.95. The van der Waals surface area contributed by atoms with E-state index in [0.717, 1.165) is 23.5 Å². The maximum absolute atomic E-state index is 11.9. The first kappa shape index (κ1) is 20.8. The van der Waals surface area contributed by atoms with Gasteiger partial charge < -0.3 is 19.6 Å². The van der Waals surface area contributed by atoms with Crippen molar-refractivity contribution in [3.63, 3.8) is 0 Å². The number of aliphatic carboxylic acids is 1. The molecule has 1 N–H and O–H groups in total. The number of carbonyl (C=O) groups excluding carboxylic acids is 1. The summed E-state index contributed by atoms with van der Waals surface area (Å²) < 4.78 is 5.26. The Hall–Kier alpha value is -1.19. The van der Waals surface area contributed by atoms with E-state index in [2.05, 4.69) is 0 Å². The summed E-state index contributed by atoms with van der Waals surface area (Å²) in [6.45, 7) is 1.97. The summed E-state index contributed by atoms with van der Waals surface area (Å²) in [5, 5.41) is 9.14. The predicted octanol–water partition coefficient (Wildman–Crippen LogP) is 2.19. The van der Waals surface area contributed by atoms with E-state index in [-0.39, 0.29) is 11.5 Å². The Labute approximate surface area is 144 Å². The highest BCUT2D eigenvalue weighted by atomic mass is 32.2. The first-order chi connectivity index (χ1) is 10.2. The van der Waals surface area contributed by atoms with Crippen molar-refractivity contribution < 1.29 is 19.4 Å². The van der Waals surface area contributed by atoms with E-state index >= 15 is 0 Å². The topological polar surface area (TPSA) is 70.1 Å². The van der Waals surface area contributed by atoms with Gasteiger partial charge in [-0.05, 0) is 6.92 Å². The van der Waals surface area contributed by atoms with Crippen LogP contribution in [0.2, 0.25) is 0 Å².